The highest BCUT2D eigenvalue weighted by Gasteiger charge is 2.53. The Morgan fingerprint density at radius 2 is 2.07 bits per heavy atom. The summed E-state index contributed by atoms with van der Waals surface area (Å²) in [4.78, 5) is 13.2. The number of carbonyl (C=O) groups is 1. The Hall–Kier alpha value is -0.770. The van der Waals surface area contributed by atoms with E-state index in [0.29, 0.717) is 13.0 Å². The summed E-state index contributed by atoms with van der Waals surface area (Å²) in [6, 6.07) is 0. The zero-order valence-corrected chi connectivity index (χ0v) is 9.62. The number of ether oxygens (including phenoxy) is 1. The summed E-state index contributed by atoms with van der Waals surface area (Å²) in [6.07, 6.45) is 1.93. The van der Waals surface area contributed by atoms with Crippen LogP contribution in [0, 0.1) is 5.41 Å². The lowest BCUT2D eigenvalue weighted by molar-refractivity contribution is -0.0128. The van der Waals surface area contributed by atoms with E-state index >= 15 is 0 Å². The largest absolute Gasteiger partial charge is 0.444 e. The summed E-state index contributed by atoms with van der Waals surface area (Å²) in [5.74, 6) is 0. The van der Waals surface area contributed by atoms with Gasteiger partial charge in [-0.05, 0) is 45.4 Å². The predicted molar refractivity (Wildman–Crippen MR) is 55.2 cm³/mol. The maximum absolute atomic E-state index is 11.7. The van der Waals surface area contributed by atoms with Gasteiger partial charge in [-0.3, -0.25) is 4.90 Å². The molecule has 1 saturated carbocycles. The molecule has 86 valence electrons. The first-order chi connectivity index (χ1) is 6.81. The van der Waals surface area contributed by atoms with E-state index in [1.807, 2.05) is 20.8 Å². The van der Waals surface area contributed by atoms with Crippen LogP contribution in [0.5, 0.6) is 0 Å². The molecule has 0 aromatic carbocycles. The topological polar surface area (TPSA) is 49.8 Å². The molecule has 15 heavy (non-hydrogen) atoms. The quantitative estimate of drug-likeness (QED) is 0.666. The number of carbonyl (C=O) groups excluding carboxylic acids is 1. The van der Waals surface area contributed by atoms with Crippen molar-refractivity contribution in [3.63, 3.8) is 0 Å². The second-order valence-electron chi connectivity index (χ2n) is 5.79. The molecule has 4 nitrogen and oxygen atoms in total. The van der Waals surface area contributed by atoms with Crippen molar-refractivity contribution >= 4 is 6.09 Å². The van der Waals surface area contributed by atoms with E-state index in [9.17, 15) is 9.90 Å². The first-order valence-corrected chi connectivity index (χ1v) is 5.49. The molecule has 1 atom stereocenters. The summed E-state index contributed by atoms with van der Waals surface area (Å²) >= 11 is 0. The van der Waals surface area contributed by atoms with Crippen molar-refractivity contribution in [1.82, 2.24) is 4.90 Å². The molecule has 1 N–H and O–H groups in total. The third-order valence-corrected chi connectivity index (χ3v) is 3.07. The third kappa shape index (κ3) is 2.25. The van der Waals surface area contributed by atoms with Crippen molar-refractivity contribution in [3.8, 4) is 0 Å². The number of amides is 1. The van der Waals surface area contributed by atoms with Crippen molar-refractivity contribution in [3.05, 3.63) is 0 Å². The minimum absolute atomic E-state index is 0.219. The second kappa shape index (κ2) is 3.11. The van der Waals surface area contributed by atoms with Crippen LogP contribution in [0.15, 0.2) is 0 Å². The first kappa shape index (κ1) is 10.7. The van der Waals surface area contributed by atoms with Gasteiger partial charge in [0.15, 0.2) is 0 Å². The molecular formula is C11H19NO3. The normalized spacial score (nSPS) is 28.3. The average molecular weight is 213 g/mol. The predicted octanol–water partition coefficient (Wildman–Crippen LogP) is 1.73. The van der Waals surface area contributed by atoms with Crippen LogP contribution in [0.4, 0.5) is 4.79 Å². The number of rotatable bonds is 0. The molecule has 2 aliphatic rings. The molecule has 4 heteroatoms. The van der Waals surface area contributed by atoms with Gasteiger partial charge in [-0.15, -0.1) is 0 Å². The summed E-state index contributed by atoms with van der Waals surface area (Å²) in [7, 11) is 0. The van der Waals surface area contributed by atoms with Crippen molar-refractivity contribution in [2.75, 3.05) is 6.54 Å². The summed E-state index contributed by atoms with van der Waals surface area (Å²) in [6.45, 7) is 6.16. The SMILES string of the molecule is CC(C)(C)OC(=O)N1CC2(CC2)CC1O. The highest BCUT2D eigenvalue weighted by Crippen LogP contribution is 2.54. The van der Waals surface area contributed by atoms with E-state index in [1.165, 1.54) is 4.90 Å². The van der Waals surface area contributed by atoms with Crippen LogP contribution in [0.25, 0.3) is 0 Å². The van der Waals surface area contributed by atoms with Crippen LogP contribution in [0.1, 0.15) is 40.0 Å². The molecule has 0 radical (unpaired) electrons. The lowest BCUT2D eigenvalue weighted by Gasteiger charge is -2.26. The van der Waals surface area contributed by atoms with Crippen LogP contribution in [-0.4, -0.2) is 34.5 Å². The number of aliphatic hydroxyl groups is 1. The molecule has 1 unspecified atom stereocenters. The first-order valence-electron chi connectivity index (χ1n) is 5.49. The lowest BCUT2D eigenvalue weighted by atomic mass is 10.1. The molecule has 0 aromatic rings. The molecule has 1 heterocycles. The Kier molecular flexibility index (Phi) is 2.23. The van der Waals surface area contributed by atoms with E-state index in [0.717, 1.165) is 12.8 Å². The number of aliphatic hydroxyl groups excluding tert-OH is 1. The number of hydrogen-bond donors (Lipinski definition) is 1. The van der Waals surface area contributed by atoms with Gasteiger partial charge in [-0.25, -0.2) is 4.79 Å². The standard InChI is InChI=1S/C11H19NO3/c1-10(2,3)15-9(14)12-7-11(4-5-11)6-8(12)13/h8,13H,4-7H2,1-3H3. The molecule has 0 aromatic heterocycles. The fraction of sp³-hybridized carbons (Fsp3) is 0.909. The molecule has 0 bridgehead atoms. The number of hydrogen-bond acceptors (Lipinski definition) is 3. The van der Waals surface area contributed by atoms with Crippen LogP contribution in [-0.2, 0) is 4.74 Å². The Bertz CT molecular complexity index is 278. The van der Waals surface area contributed by atoms with Gasteiger partial charge in [0, 0.05) is 6.54 Å². The van der Waals surface area contributed by atoms with E-state index in [1.54, 1.807) is 0 Å². The minimum atomic E-state index is -0.651. The maximum Gasteiger partial charge on any atom is 0.412 e. The van der Waals surface area contributed by atoms with Crippen molar-refractivity contribution in [2.24, 2.45) is 5.41 Å². The van der Waals surface area contributed by atoms with Gasteiger partial charge in [0.05, 0.1) is 0 Å². The zero-order chi connectivity index (χ0) is 11.3. The fourth-order valence-corrected chi connectivity index (χ4v) is 2.07. The van der Waals surface area contributed by atoms with Gasteiger partial charge < -0.3 is 9.84 Å². The molecule has 1 aliphatic carbocycles. The monoisotopic (exact) mass is 213 g/mol. The molecule has 1 aliphatic heterocycles. The third-order valence-electron chi connectivity index (χ3n) is 3.07. The molecule has 2 rings (SSSR count). The van der Waals surface area contributed by atoms with E-state index in [4.69, 9.17) is 4.74 Å². The van der Waals surface area contributed by atoms with E-state index < -0.39 is 17.9 Å². The molecule has 1 saturated heterocycles. The highest BCUT2D eigenvalue weighted by atomic mass is 16.6. The molecule has 1 amide bonds. The van der Waals surface area contributed by atoms with Gasteiger partial charge in [0.25, 0.3) is 0 Å². The Morgan fingerprint density at radius 3 is 2.47 bits per heavy atom. The van der Waals surface area contributed by atoms with Crippen LogP contribution in [0.3, 0.4) is 0 Å². The van der Waals surface area contributed by atoms with Crippen molar-refractivity contribution < 1.29 is 14.6 Å². The molecular weight excluding hydrogens is 194 g/mol. The van der Waals surface area contributed by atoms with Gasteiger partial charge >= 0.3 is 6.09 Å². The summed E-state index contributed by atoms with van der Waals surface area (Å²) < 4.78 is 5.24. The second-order valence-corrected chi connectivity index (χ2v) is 5.79. The number of nitrogens with zero attached hydrogens (tertiary/aromatic N) is 1. The van der Waals surface area contributed by atoms with Crippen LogP contribution in [0.2, 0.25) is 0 Å². The molecule has 2 fully saturated rings. The lowest BCUT2D eigenvalue weighted by Crippen LogP contribution is -2.39. The smallest absolute Gasteiger partial charge is 0.412 e. The van der Waals surface area contributed by atoms with E-state index in [-0.39, 0.29) is 5.41 Å². The maximum atomic E-state index is 11.7. The van der Waals surface area contributed by atoms with E-state index in [2.05, 4.69) is 0 Å². The average Bonchev–Trinajstić information content (AvgIpc) is 2.67. The zero-order valence-electron chi connectivity index (χ0n) is 9.62. The minimum Gasteiger partial charge on any atom is -0.444 e. The number of likely N-dealkylation sites (tertiary alicyclic amines) is 1. The Balaban J connectivity index is 1.96. The van der Waals surface area contributed by atoms with Gasteiger partial charge in [-0.1, -0.05) is 0 Å². The van der Waals surface area contributed by atoms with Crippen LogP contribution >= 0.6 is 0 Å². The van der Waals surface area contributed by atoms with Crippen molar-refractivity contribution in [2.45, 2.75) is 51.9 Å². The Labute approximate surface area is 90.2 Å². The Morgan fingerprint density at radius 1 is 1.47 bits per heavy atom. The van der Waals surface area contributed by atoms with Gasteiger partial charge in [-0.2, -0.15) is 0 Å². The summed E-state index contributed by atoms with van der Waals surface area (Å²) in [5.41, 5.74) is -0.271. The summed E-state index contributed by atoms with van der Waals surface area (Å²) in [5, 5.41) is 9.76. The van der Waals surface area contributed by atoms with Gasteiger partial charge in [0.1, 0.15) is 11.8 Å². The van der Waals surface area contributed by atoms with Crippen molar-refractivity contribution in [1.29, 1.82) is 0 Å². The molecule has 1 spiro atoms. The fourth-order valence-electron chi connectivity index (χ4n) is 2.07. The van der Waals surface area contributed by atoms with Crippen LogP contribution < -0.4 is 0 Å². The highest BCUT2D eigenvalue weighted by molar-refractivity contribution is 5.69. The van der Waals surface area contributed by atoms with Gasteiger partial charge in [0.2, 0.25) is 0 Å².